The molecule has 0 fully saturated rings. The molecule has 1 aromatic heterocycles. The number of rotatable bonds is 2. The fourth-order valence-corrected chi connectivity index (χ4v) is 2.12. The summed E-state index contributed by atoms with van der Waals surface area (Å²) >= 11 is 0. The van der Waals surface area contributed by atoms with Crippen LogP contribution < -0.4 is 5.56 Å². The van der Waals surface area contributed by atoms with E-state index in [1.807, 2.05) is 30.3 Å². The monoisotopic (exact) mass is 265 g/mol. The third kappa shape index (κ3) is 2.26. The first kappa shape index (κ1) is 12.4. The molecule has 0 aliphatic carbocycles. The van der Waals surface area contributed by atoms with Gasteiger partial charge in [-0.2, -0.15) is 0 Å². The van der Waals surface area contributed by atoms with Crippen molar-refractivity contribution in [1.29, 1.82) is 0 Å². The second kappa shape index (κ2) is 5.13. The Morgan fingerprint density at radius 1 is 0.750 bits per heavy atom. The smallest absolute Gasteiger partial charge is 0.255 e. The maximum absolute atomic E-state index is 13.8. The van der Waals surface area contributed by atoms with Crippen LogP contribution in [0.1, 0.15) is 0 Å². The van der Waals surface area contributed by atoms with Crippen molar-refractivity contribution in [2.75, 3.05) is 0 Å². The molecule has 0 aliphatic heterocycles. The molecule has 0 unspecified atom stereocenters. The maximum Gasteiger partial charge on any atom is 0.255 e. The zero-order chi connectivity index (χ0) is 13.9. The molecule has 2 aromatic carbocycles. The number of hydrogen-bond acceptors (Lipinski definition) is 1. The normalized spacial score (nSPS) is 10.4. The van der Waals surface area contributed by atoms with Crippen molar-refractivity contribution >= 4 is 0 Å². The molecule has 0 saturated carbocycles. The maximum atomic E-state index is 13.8. The van der Waals surface area contributed by atoms with Crippen molar-refractivity contribution < 1.29 is 4.39 Å². The number of pyridine rings is 1. The van der Waals surface area contributed by atoms with Gasteiger partial charge in [0, 0.05) is 12.3 Å². The first-order valence-corrected chi connectivity index (χ1v) is 6.29. The van der Waals surface area contributed by atoms with E-state index in [-0.39, 0.29) is 11.2 Å². The molecule has 0 spiro atoms. The van der Waals surface area contributed by atoms with E-state index in [9.17, 15) is 9.18 Å². The first-order valence-electron chi connectivity index (χ1n) is 6.29. The van der Waals surface area contributed by atoms with E-state index in [0.29, 0.717) is 0 Å². The summed E-state index contributed by atoms with van der Waals surface area (Å²) in [6.07, 6.45) is 1.66. The summed E-state index contributed by atoms with van der Waals surface area (Å²) in [5.41, 5.74) is 1.86. The van der Waals surface area contributed by atoms with Crippen molar-refractivity contribution in [1.82, 2.24) is 4.57 Å². The average Bonchev–Trinajstić information content (AvgIpc) is 2.49. The van der Waals surface area contributed by atoms with Crippen LogP contribution in [-0.2, 0) is 0 Å². The number of hydrogen-bond donors (Lipinski definition) is 0. The molecule has 3 aromatic rings. The van der Waals surface area contributed by atoms with E-state index in [1.54, 1.807) is 30.5 Å². The molecule has 20 heavy (non-hydrogen) atoms. The van der Waals surface area contributed by atoms with Crippen LogP contribution in [0.15, 0.2) is 77.7 Å². The Balaban J connectivity index is 2.18. The lowest BCUT2D eigenvalue weighted by Crippen LogP contribution is -2.17. The van der Waals surface area contributed by atoms with Gasteiger partial charge in [-0.1, -0.05) is 42.5 Å². The lowest BCUT2D eigenvalue weighted by molar-refractivity contribution is 0.616. The number of halogens is 1. The highest BCUT2D eigenvalue weighted by molar-refractivity contribution is 5.62. The van der Waals surface area contributed by atoms with Crippen molar-refractivity contribution in [3.63, 3.8) is 0 Å². The first-order chi connectivity index (χ1) is 9.75. The van der Waals surface area contributed by atoms with E-state index >= 15 is 0 Å². The van der Waals surface area contributed by atoms with Gasteiger partial charge < -0.3 is 0 Å². The summed E-state index contributed by atoms with van der Waals surface area (Å²) in [4.78, 5) is 12.0. The molecule has 2 nitrogen and oxygen atoms in total. The quantitative estimate of drug-likeness (QED) is 0.693. The fraction of sp³-hybridized carbons (Fsp3) is 0. The van der Waals surface area contributed by atoms with Crippen LogP contribution in [0.25, 0.3) is 16.8 Å². The molecule has 0 atom stereocenters. The Morgan fingerprint density at radius 2 is 1.45 bits per heavy atom. The van der Waals surface area contributed by atoms with Crippen LogP contribution in [0.5, 0.6) is 0 Å². The van der Waals surface area contributed by atoms with E-state index in [0.717, 1.165) is 11.1 Å². The summed E-state index contributed by atoms with van der Waals surface area (Å²) in [5, 5.41) is 0. The summed E-state index contributed by atoms with van der Waals surface area (Å²) in [6, 6.07) is 19.1. The highest BCUT2D eigenvalue weighted by Crippen LogP contribution is 2.19. The van der Waals surface area contributed by atoms with Gasteiger partial charge in [0.15, 0.2) is 0 Å². The molecule has 0 bridgehead atoms. The molecular formula is C17H12FNO. The van der Waals surface area contributed by atoms with Crippen molar-refractivity contribution in [2.45, 2.75) is 0 Å². The van der Waals surface area contributed by atoms with Crippen LogP contribution in [0.3, 0.4) is 0 Å². The van der Waals surface area contributed by atoms with Gasteiger partial charge in [0.2, 0.25) is 0 Å². The van der Waals surface area contributed by atoms with Crippen molar-refractivity contribution in [2.24, 2.45) is 0 Å². The minimum atomic E-state index is -0.417. The van der Waals surface area contributed by atoms with Crippen LogP contribution in [0, 0.1) is 5.82 Å². The van der Waals surface area contributed by atoms with Gasteiger partial charge in [-0.25, -0.2) is 4.39 Å². The zero-order valence-corrected chi connectivity index (χ0v) is 10.7. The van der Waals surface area contributed by atoms with Gasteiger partial charge in [-0.3, -0.25) is 9.36 Å². The second-order valence-corrected chi connectivity index (χ2v) is 4.44. The summed E-state index contributed by atoms with van der Waals surface area (Å²) < 4.78 is 15.2. The Labute approximate surface area is 115 Å². The Bertz CT molecular complexity index is 793. The zero-order valence-electron chi connectivity index (χ0n) is 10.7. The molecule has 3 rings (SSSR count). The van der Waals surface area contributed by atoms with E-state index in [2.05, 4.69) is 0 Å². The van der Waals surface area contributed by atoms with E-state index < -0.39 is 5.82 Å². The highest BCUT2D eigenvalue weighted by atomic mass is 19.1. The number of benzene rings is 2. The predicted octanol–water partition coefficient (Wildman–Crippen LogP) is 3.64. The third-order valence-electron chi connectivity index (χ3n) is 3.13. The van der Waals surface area contributed by atoms with Gasteiger partial charge in [-0.05, 0) is 29.3 Å². The van der Waals surface area contributed by atoms with Gasteiger partial charge >= 0.3 is 0 Å². The van der Waals surface area contributed by atoms with Crippen molar-refractivity contribution in [3.8, 4) is 16.8 Å². The molecule has 98 valence electrons. The number of aromatic nitrogens is 1. The third-order valence-corrected chi connectivity index (χ3v) is 3.13. The molecule has 1 heterocycles. The Kier molecular flexibility index (Phi) is 3.17. The number of nitrogens with zero attached hydrogens (tertiary/aromatic N) is 1. The van der Waals surface area contributed by atoms with Gasteiger partial charge in [0.1, 0.15) is 5.82 Å². The van der Waals surface area contributed by atoms with Crippen LogP contribution in [0.2, 0.25) is 0 Å². The lowest BCUT2D eigenvalue weighted by atomic mass is 10.1. The van der Waals surface area contributed by atoms with E-state index in [4.69, 9.17) is 0 Å². The van der Waals surface area contributed by atoms with Gasteiger partial charge in [0.25, 0.3) is 5.56 Å². The topological polar surface area (TPSA) is 22.0 Å². The molecule has 3 heteroatoms. The number of para-hydroxylation sites is 1. The molecular weight excluding hydrogens is 253 g/mol. The summed E-state index contributed by atoms with van der Waals surface area (Å²) in [5.74, 6) is -0.417. The molecule has 0 N–H and O–H groups in total. The minimum Gasteiger partial charge on any atom is -0.281 e. The molecule has 0 radical (unpaired) electrons. The predicted molar refractivity (Wildman–Crippen MR) is 77.4 cm³/mol. The van der Waals surface area contributed by atoms with Crippen molar-refractivity contribution in [3.05, 3.63) is 89.1 Å². The standard InChI is InChI=1S/C17H12FNO/c18-15-8-4-5-9-16(15)19-12-14(10-11-17(19)20)13-6-2-1-3-7-13/h1-12H. The SMILES string of the molecule is O=c1ccc(-c2ccccc2)cn1-c1ccccc1F. The van der Waals surface area contributed by atoms with Crippen LogP contribution in [-0.4, -0.2) is 4.57 Å². The Hall–Kier alpha value is -2.68. The summed E-state index contributed by atoms with van der Waals surface area (Å²) in [7, 11) is 0. The Morgan fingerprint density at radius 3 is 2.20 bits per heavy atom. The largest absolute Gasteiger partial charge is 0.281 e. The average molecular weight is 265 g/mol. The second-order valence-electron chi connectivity index (χ2n) is 4.44. The lowest BCUT2D eigenvalue weighted by Gasteiger charge is -2.09. The fourth-order valence-electron chi connectivity index (χ4n) is 2.12. The highest BCUT2D eigenvalue weighted by Gasteiger charge is 2.07. The van der Waals surface area contributed by atoms with Crippen LogP contribution in [0.4, 0.5) is 4.39 Å². The molecule has 0 saturated heterocycles. The van der Waals surface area contributed by atoms with Gasteiger partial charge in [0.05, 0.1) is 5.69 Å². The molecule has 0 aliphatic rings. The molecule has 0 amide bonds. The van der Waals surface area contributed by atoms with E-state index in [1.165, 1.54) is 16.7 Å². The van der Waals surface area contributed by atoms with Gasteiger partial charge in [-0.15, -0.1) is 0 Å². The summed E-state index contributed by atoms with van der Waals surface area (Å²) in [6.45, 7) is 0. The van der Waals surface area contributed by atoms with Crippen LogP contribution >= 0.6 is 0 Å². The minimum absolute atomic E-state index is 0.255.